The van der Waals surface area contributed by atoms with Crippen molar-refractivity contribution < 1.29 is 19.4 Å². The van der Waals surface area contributed by atoms with Crippen LogP contribution in [0.5, 0.6) is 0 Å². The Bertz CT molecular complexity index is 206. The third-order valence-corrected chi connectivity index (χ3v) is 4.79. The summed E-state index contributed by atoms with van der Waals surface area (Å²) in [7, 11) is -3.46. The maximum absolute atomic E-state index is 9.75. The molecular weight excluding hydrogens is 277 g/mol. The van der Waals surface area contributed by atoms with Crippen LogP contribution in [-0.2, 0) is 4.52 Å². The number of hydrogen-bond donors (Lipinski definition) is 4. The van der Waals surface area contributed by atoms with E-state index in [0.717, 1.165) is 32.2 Å². The van der Waals surface area contributed by atoms with Gasteiger partial charge in [-0.3, -0.25) is 0 Å². The third kappa shape index (κ3) is 14.6. The molecular formula is C14H34NO4P. The van der Waals surface area contributed by atoms with E-state index in [0.29, 0.717) is 19.3 Å². The van der Waals surface area contributed by atoms with Crippen molar-refractivity contribution in [3.05, 3.63) is 0 Å². The summed E-state index contributed by atoms with van der Waals surface area (Å²) in [4.78, 5) is 19.5. The molecule has 0 aliphatic rings. The summed E-state index contributed by atoms with van der Waals surface area (Å²) in [6, 6.07) is 0. The van der Waals surface area contributed by atoms with Gasteiger partial charge in [0.15, 0.2) is 0 Å². The zero-order valence-corrected chi connectivity index (χ0v) is 13.9. The number of aliphatic hydroxyl groups is 1. The van der Waals surface area contributed by atoms with Gasteiger partial charge in [0, 0.05) is 0 Å². The molecule has 0 radical (unpaired) electrons. The Labute approximate surface area is 124 Å². The van der Waals surface area contributed by atoms with Crippen LogP contribution < -0.4 is 5.32 Å². The fourth-order valence-corrected chi connectivity index (χ4v) is 3.05. The normalized spacial score (nSPS) is 12.8. The van der Waals surface area contributed by atoms with Gasteiger partial charge in [0.25, 0.3) is 0 Å². The van der Waals surface area contributed by atoms with E-state index in [9.17, 15) is 9.79 Å². The van der Waals surface area contributed by atoms with Crippen LogP contribution in [0, 0.1) is 0 Å². The summed E-state index contributed by atoms with van der Waals surface area (Å²) in [6.07, 6.45) is 8.97. The monoisotopic (exact) mass is 311 g/mol. The van der Waals surface area contributed by atoms with Gasteiger partial charge < -0.3 is 0 Å². The fourth-order valence-electron chi connectivity index (χ4n) is 1.93. The Morgan fingerprint density at radius 1 is 0.900 bits per heavy atom. The predicted molar refractivity (Wildman–Crippen MR) is 86.1 cm³/mol. The zero-order valence-electron chi connectivity index (χ0n) is 12.9. The summed E-state index contributed by atoms with van der Waals surface area (Å²) in [6.45, 7) is 4.21. The molecule has 0 bridgehead atoms. The van der Waals surface area contributed by atoms with Gasteiger partial charge in [-0.15, -0.1) is 0 Å². The third-order valence-electron chi connectivity index (χ3n) is 3.22. The minimum absolute atomic E-state index is 0.210. The van der Waals surface area contributed by atoms with Gasteiger partial charge in [0.1, 0.15) is 0 Å². The Morgan fingerprint density at radius 3 is 2.30 bits per heavy atom. The van der Waals surface area contributed by atoms with E-state index < -0.39 is 7.94 Å². The van der Waals surface area contributed by atoms with Crippen LogP contribution in [0.25, 0.3) is 0 Å². The van der Waals surface area contributed by atoms with Crippen LogP contribution in [0.4, 0.5) is 0 Å². The summed E-state index contributed by atoms with van der Waals surface area (Å²) >= 11 is 0. The second-order valence-corrected chi connectivity index (χ2v) is 7.57. The van der Waals surface area contributed by atoms with Crippen molar-refractivity contribution in [2.24, 2.45) is 0 Å². The molecule has 0 aromatic rings. The summed E-state index contributed by atoms with van der Waals surface area (Å²) < 4.78 is 5.23. The number of hydrogen-bond acceptors (Lipinski definition) is 5. The van der Waals surface area contributed by atoms with Crippen LogP contribution in [0.15, 0.2) is 0 Å². The second kappa shape index (κ2) is 14.2. The number of nitrogens with one attached hydrogen (secondary N) is 1. The van der Waals surface area contributed by atoms with Crippen LogP contribution in [0.1, 0.15) is 58.3 Å². The number of unbranched alkanes of at least 4 members (excludes halogenated alkanes) is 6. The standard InChI is InChI=1S/C14H34NO4P/c1-2-3-4-5-6-9-13-19-20(17,18)14-11-15-10-7-8-12-16/h15-18,20H,2-14H2,1H3. The van der Waals surface area contributed by atoms with E-state index in [2.05, 4.69) is 12.2 Å². The van der Waals surface area contributed by atoms with Gasteiger partial charge in [-0.25, -0.2) is 0 Å². The van der Waals surface area contributed by atoms with Crippen molar-refractivity contribution in [2.45, 2.75) is 58.3 Å². The molecule has 20 heavy (non-hydrogen) atoms. The maximum atomic E-state index is 9.75. The van der Waals surface area contributed by atoms with E-state index in [4.69, 9.17) is 9.63 Å². The average Bonchev–Trinajstić information content (AvgIpc) is 2.41. The molecule has 0 rings (SSSR count). The molecule has 0 heterocycles. The van der Waals surface area contributed by atoms with E-state index in [-0.39, 0.29) is 6.61 Å². The molecule has 0 aromatic heterocycles. The fraction of sp³-hybridized carbons (Fsp3) is 1.00. The molecule has 124 valence electrons. The van der Waals surface area contributed by atoms with Gasteiger partial charge in [-0.1, -0.05) is 0 Å². The van der Waals surface area contributed by atoms with Crippen molar-refractivity contribution >= 4 is 7.94 Å². The van der Waals surface area contributed by atoms with Gasteiger partial charge >= 0.3 is 123 Å². The molecule has 0 saturated carbocycles. The summed E-state index contributed by atoms with van der Waals surface area (Å²) in [5, 5.41) is 11.7. The molecule has 4 N–H and O–H groups in total. The molecule has 0 unspecified atom stereocenters. The minimum atomic E-state index is -3.46. The molecule has 5 nitrogen and oxygen atoms in total. The first-order valence-corrected chi connectivity index (χ1v) is 10.0. The van der Waals surface area contributed by atoms with Crippen LogP contribution in [0.2, 0.25) is 0 Å². The van der Waals surface area contributed by atoms with Crippen LogP contribution in [-0.4, -0.2) is 47.4 Å². The van der Waals surface area contributed by atoms with Crippen LogP contribution in [0.3, 0.4) is 0 Å². The second-order valence-electron chi connectivity index (χ2n) is 5.29. The number of rotatable bonds is 15. The van der Waals surface area contributed by atoms with Crippen molar-refractivity contribution in [1.29, 1.82) is 0 Å². The van der Waals surface area contributed by atoms with Crippen LogP contribution >= 0.6 is 7.94 Å². The summed E-state index contributed by atoms with van der Waals surface area (Å²) in [5.41, 5.74) is 0. The van der Waals surface area contributed by atoms with Crippen molar-refractivity contribution in [3.8, 4) is 0 Å². The molecule has 0 aromatic carbocycles. The molecule has 0 amide bonds. The molecule has 0 atom stereocenters. The Kier molecular flexibility index (Phi) is 14.3. The first-order valence-electron chi connectivity index (χ1n) is 8.02. The van der Waals surface area contributed by atoms with Gasteiger partial charge in [-0.2, -0.15) is 0 Å². The van der Waals surface area contributed by atoms with Gasteiger partial charge in [0.05, 0.1) is 0 Å². The number of aliphatic hydroxyl groups excluding tert-OH is 1. The molecule has 0 aliphatic carbocycles. The zero-order chi connectivity index (χ0) is 15.1. The predicted octanol–water partition coefficient (Wildman–Crippen LogP) is 2.21. The Morgan fingerprint density at radius 2 is 1.60 bits per heavy atom. The average molecular weight is 311 g/mol. The molecule has 0 saturated heterocycles. The van der Waals surface area contributed by atoms with Crippen molar-refractivity contribution in [1.82, 2.24) is 5.32 Å². The molecule has 0 spiro atoms. The van der Waals surface area contributed by atoms with Crippen molar-refractivity contribution in [2.75, 3.05) is 32.5 Å². The first kappa shape index (κ1) is 20.2. The quantitative estimate of drug-likeness (QED) is 0.275. The Balaban J connectivity index is 3.35. The topological polar surface area (TPSA) is 82.0 Å². The first-order chi connectivity index (χ1) is 9.62. The van der Waals surface area contributed by atoms with E-state index in [1.807, 2.05) is 0 Å². The van der Waals surface area contributed by atoms with E-state index in [1.54, 1.807) is 0 Å². The summed E-state index contributed by atoms with van der Waals surface area (Å²) in [5.74, 6) is 0. The molecule has 6 heteroatoms. The van der Waals surface area contributed by atoms with E-state index in [1.165, 1.54) is 25.7 Å². The van der Waals surface area contributed by atoms with Crippen molar-refractivity contribution in [3.63, 3.8) is 0 Å². The van der Waals surface area contributed by atoms with Gasteiger partial charge in [0.2, 0.25) is 0 Å². The van der Waals surface area contributed by atoms with E-state index >= 15 is 0 Å². The molecule has 0 fully saturated rings. The van der Waals surface area contributed by atoms with Gasteiger partial charge in [-0.05, 0) is 0 Å². The molecule has 0 aliphatic heterocycles. The Hall–Kier alpha value is 0.230. The SMILES string of the molecule is CCCCCCCCO[PH](O)(O)CCNCCCCO.